The molecule has 0 aliphatic carbocycles. The number of alkyl halides is 1. The molecule has 0 radical (unpaired) electrons. The minimum atomic E-state index is -0.110. The van der Waals surface area contributed by atoms with Crippen LogP contribution in [-0.4, -0.2) is 31.9 Å². The first-order valence-corrected chi connectivity index (χ1v) is 6.48. The summed E-state index contributed by atoms with van der Waals surface area (Å²) in [4.78, 5) is 16.0. The standard InChI is InChI=1S/C11H13BrN4O/c1-8(2-3-12)15-11(17)9-6-14-16-5-4-13-7-10(9)16/h4-8H,2-3H2,1H3,(H,15,17). The molecule has 1 N–H and O–H groups in total. The van der Waals surface area contributed by atoms with Gasteiger partial charge in [0.05, 0.1) is 23.5 Å². The third kappa shape index (κ3) is 2.63. The molecular weight excluding hydrogens is 284 g/mol. The molecule has 0 bridgehead atoms. The number of halogens is 1. The van der Waals surface area contributed by atoms with Crippen LogP contribution in [0.4, 0.5) is 0 Å². The number of hydrogen-bond acceptors (Lipinski definition) is 3. The molecule has 0 spiro atoms. The first-order chi connectivity index (χ1) is 8.22. The van der Waals surface area contributed by atoms with Crippen molar-refractivity contribution >= 4 is 27.4 Å². The lowest BCUT2D eigenvalue weighted by molar-refractivity contribution is 0.0941. The largest absolute Gasteiger partial charge is 0.349 e. The van der Waals surface area contributed by atoms with Gasteiger partial charge in [0.1, 0.15) is 0 Å². The number of nitrogens with zero attached hydrogens (tertiary/aromatic N) is 3. The SMILES string of the molecule is CC(CCBr)NC(=O)c1cnn2ccncc12. The first kappa shape index (κ1) is 12.0. The summed E-state index contributed by atoms with van der Waals surface area (Å²) in [5, 5.41) is 7.89. The van der Waals surface area contributed by atoms with Crippen molar-refractivity contribution < 1.29 is 4.79 Å². The third-order valence-electron chi connectivity index (χ3n) is 2.49. The fraction of sp³-hybridized carbons (Fsp3) is 0.364. The Morgan fingerprint density at radius 2 is 2.41 bits per heavy atom. The van der Waals surface area contributed by atoms with Crippen LogP contribution in [0, 0.1) is 0 Å². The second-order valence-electron chi connectivity index (χ2n) is 3.82. The van der Waals surface area contributed by atoms with Gasteiger partial charge in [0.15, 0.2) is 0 Å². The second kappa shape index (κ2) is 5.27. The minimum absolute atomic E-state index is 0.110. The van der Waals surface area contributed by atoms with E-state index in [0.29, 0.717) is 5.56 Å². The van der Waals surface area contributed by atoms with Gasteiger partial charge in [-0.25, -0.2) is 4.52 Å². The third-order valence-corrected chi connectivity index (χ3v) is 2.95. The molecule has 0 saturated heterocycles. The molecule has 17 heavy (non-hydrogen) atoms. The van der Waals surface area contributed by atoms with Crippen molar-refractivity contribution in [2.24, 2.45) is 0 Å². The highest BCUT2D eigenvalue weighted by Gasteiger charge is 2.14. The maximum atomic E-state index is 12.0. The lowest BCUT2D eigenvalue weighted by atomic mass is 10.2. The Hall–Kier alpha value is -1.43. The minimum Gasteiger partial charge on any atom is -0.349 e. The van der Waals surface area contributed by atoms with Gasteiger partial charge in [0, 0.05) is 23.8 Å². The van der Waals surface area contributed by atoms with Gasteiger partial charge in [0.2, 0.25) is 0 Å². The number of rotatable bonds is 4. The molecule has 0 aromatic carbocycles. The van der Waals surface area contributed by atoms with E-state index >= 15 is 0 Å². The molecule has 2 aromatic rings. The van der Waals surface area contributed by atoms with Crippen LogP contribution in [0.5, 0.6) is 0 Å². The predicted molar refractivity (Wildman–Crippen MR) is 68.3 cm³/mol. The van der Waals surface area contributed by atoms with Crippen molar-refractivity contribution in [3.05, 3.63) is 30.4 Å². The highest BCUT2D eigenvalue weighted by Crippen LogP contribution is 2.09. The highest BCUT2D eigenvalue weighted by atomic mass is 79.9. The molecule has 5 nitrogen and oxygen atoms in total. The van der Waals surface area contributed by atoms with Crippen LogP contribution >= 0.6 is 15.9 Å². The lowest BCUT2D eigenvalue weighted by Crippen LogP contribution is -2.32. The zero-order chi connectivity index (χ0) is 12.3. The highest BCUT2D eigenvalue weighted by molar-refractivity contribution is 9.09. The van der Waals surface area contributed by atoms with Crippen LogP contribution in [0.3, 0.4) is 0 Å². The number of hydrogen-bond donors (Lipinski definition) is 1. The maximum absolute atomic E-state index is 12.0. The van der Waals surface area contributed by atoms with Crippen LogP contribution in [0.15, 0.2) is 24.8 Å². The number of carbonyl (C=O) groups excluding carboxylic acids is 1. The summed E-state index contributed by atoms with van der Waals surface area (Å²) in [6.07, 6.45) is 7.44. The maximum Gasteiger partial charge on any atom is 0.255 e. The Morgan fingerprint density at radius 3 is 3.18 bits per heavy atom. The number of nitrogens with one attached hydrogen (secondary N) is 1. The van der Waals surface area contributed by atoms with E-state index in [1.807, 2.05) is 6.92 Å². The number of carbonyl (C=O) groups is 1. The average molecular weight is 297 g/mol. The molecule has 0 fully saturated rings. The second-order valence-corrected chi connectivity index (χ2v) is 4.61. The zero-order valence-electron chi connectivity index (χ0n) is 9.43. The van der Waals surface area contributed by atoms with E-state index in [0.717, 1.165) is 17.3 Å². The Balaban J connectivity index is 2.19. The fourth-order valence-corrected chi connectivity index (χ4v) is 2.23. The predicted octanol–water partition coefficient (Wildman–Crippen LogP) is 1.63. The number of amides is 1. The van der Waals surface area contributed by atoms with Gasteiger partial charge in [-0.15, -0.1) is 0 Å². The van der Waals surface area contributed by atoms with Gasteiger partial charge in [-0.2, -0.15) is 5.10 Å². The zero-order valence-corrected chi connectivity index (χ0v) is 11.0. The van der Waals surface area contributed by atoms with Gasteiger partial charge < -0.3 is 5.32 Å². The van der Waals surface area contributed by atoms with Crippen molar-refractivity contribution in [3.63, 3.8) is 0 Å². The van der Waals surface area contributed by atoms with Crippen molar-refractivity contribution in [3.8, 4) is 0 Å². The molecule has 0 aliphatic heterocycles. The van der Waals surface area contributed by atoms with Crippen molar-refractivity contribution in [1.82, 2.24) is 19.9 Å². The van der Waals surface area contributed by atoms with Crippen molar-refractivity contribution in [1.29, 1.82) is 0 Å². The monoisotopic (exact) mass is 296 g/mol. The Labute approximate surface area is 107 Å². The number of aromatic nitrogens is 3. The van der Waals surface area contributed by atoms with Crippen LogP contribution < -0.4 is 5.32 Å². The van der Waals surface area contributed by atoms with Crippen molar-refractivity contribution in [2.75, 3.05) is 5.33 Å². The molecule has 6 heteroatoms. The smallest absolute Gasteiger partial charge is 0.255 e. The number of fused-ring (bicyclic) bond motifs is 1. The molecule has 2 heterocycles. The summed E-state index contributed by atoms with van der Waals surface area (Å²) in [5.41, 5.74) is 1.27. The van der Waals surface area contributed by atoms with Crippen LogP contribution in [0.2, 0.25) is 0 Å². The summed E-state index contributed by atoms with van der Waals surface area (Å²) in [6.45, 7) is 1.98. The van der Waals surface area contributed by atoms with Crippen LogP contribution in [-0.2, 0) is 0 Å². The molecule has 1 amide bonds. The van der Waals surface area contributed by atoms with E-state index in [2.05, 4.69) is 31.3 Å². The van der Waals surface area contributed by atoms with Gasteiger partial charge in [-0.05, 0) is 13.3 Å². The summed E-state index contributed by atoms with van der Waals surface area (Å²) >= 11 is 3.35. The molecule has 2 rings (SSSR count). The normalized spacial score (nSPS) is 12.6. The van der Waals surface area contributed by atoms with E-state index in [4.69, 9.17) is 0 Å². The molecule has 90 valence electrons. The lowest BCUT2D eigenvalue weighted by Gasteiger charge is -2.11. The van der Waals surface area contributed by atoms with Gasteiger partial charge in [0.25, 0.3) is 5.91 Å². The van der Waals surface area contributed by atoms with E-state index in [1.165, 1.54) is 0 Å². The quantitative estimate of drug-likeness (QED) is 0.873. The van der Waals surface area contributed by atoms with Crippen molar-refractivity contribution in [2.45, 2.75) is 19.4 Å². The fourth-order valence-electron chi connectivity index (χ4n) is 1.55. The van der Waals surface area contributed by atoms with E-state index in [9.17, 15) is 4.79 Å². The molecular formula is C11H13BrN4O. The van der Waals surface area contributed by atoms with Gasteiger partial charge in [-0.1, -0.05) is 15.9 Å². The molecule has 0 aliphatic rings. The van der Waals surface area contributed by atoms with E-state index < -0.39 is 0 Å². The topological polar surface area (TPSA) is 59.3 Å². The molecule has 2 aromatic heterocycles. The summed E-state index contributed by atoms with van der Waals surface area (Å²) < 4.78 is 1.64. The average Bonchev–Trinajstić information content (AvgIpc) is 2.72. The van der Waals surface area contributed by atoms with Gasteiger partial charge in [-0.3, -0.25) is 9.78 Å². The Bertz CT molecular complexity index is 525. The summed E-state index contributed by atoms with van der Waals surface area (Å²) in [6, 6.07) is 0.133. The molecule has 1 atom stereocenters. The molecule has 0 saturated carbocycles. The van der Waals surface area contributed by atoms with Crippen LogP contribution in [0.25, 0.3) is 5.52 Å². The summed E-state index contributed by atoms with van der Waals surface area (Å²) in [5.74, 6) is -0.110. The van der Waals surface area contributed by atoms with E-state index in [-0.39, 0.29) is 11.9 Å². The van der Waals surface area contributed by atoms with Crippen LogP contribution in [0.1, 0.15) is 23.7 Å². The molecule has 1 unspecified atom stereocenters. The Morgan fingerprint density at radius 1 is 1.59 bits per heavy atom. The summed E-state index contributed by atoms with van der Waals surface area (Å²) in [7, 11) is 0. The first-order valence-electron chi connectivity index (χ1n) is 5.36. The Kier molecular flexibility index (Phi) is 3.73. The van der Waals surface area contributed by atoms with E-state index in [1.54, 1.807) is 29.3 Å². The van der Waals surface area contributed by atoms with Gasteiger partial charge >= 0.3 is 0 Å².